The SMILES string of the molecule is CCCn1c(=O)n(CCOC)c(=O)c2[nH]c(-c3ccc(NCc4ccc(CNC(C)=O)cc4)nc3)nc21. The summed E-state index contributed by atoms with van der Waals surface area (Å²) < 4.78 is 7.77. The van der Waals surface area contributed by atoms with Gasteiger partial charge in [-0.1, -0.05) is 31.2 Å². The van der Waals surface area contributed by atoms with Gasteiger partial charge in [0.15, 0.2) is 5.65 Å². The molecule has 0 spiro atoms. The van der Waals surface area contributed by atoms with Crippen LogP contribution in [-0.4, -0.2) is 43.7 Å². The molecule has 0 unspecified atom stereocenters. The Kier molecular flexibility index (Phi) is 8.14. The largest absolute Gasteiger partial charge is 0.383 e. The molecule has 0 fully saturated rings. The van der Waals surface area contributed by atoms with Gasteiger partial charge in [-0.3, -0.25) is 18.7 Å². The second-order valence-electron chi connectivity index (χ2n) is 8.68. The number of ether oxygens (including phenoxy) is 1. The minimum absolute atomic E-state index is 0.0580. The van der Waals surface area contributed by atoms with E-state index in [-0.39, 0.29) is 24.6 Å². The summed E-state index contributed by atoms with van der Waals surface area (Å²) in [5, 5.41) is 6.06. The molecule has 1 aromatic carbocycles. The van der Waals surface area contributed by atoms with E-state index in [4.69, 9.17) is 4.74 Å². The molecule has 4 aromatic rings. The molecule has 0 saturated heterocycles. The fourth-order valence-corrected chi connectivity index (χ4v) is 3.94. The number of pyridine rings is 1. The van der Waals surface area contributed by atoms with Gasteiger partial charge in [0.05, 0.1) is 13.2 Å². The highest BCUT2D eigenvalue weighted by atomic mass is 16.5. The van der Waals surface area contributed by atoms with Gasteiger partial charge in [0.2, 0.25) is 5.91 Å². The van der Waals surface area contributed by atoms with E-state index in [1.54, 1.807) is 6.20 Å². The van der Waals surface area contributed by atoms with Gasteiger partial charge < -0.3 is 20.4 Å². The van der Waals surface area contributed by atoms with Crippen molar-refractivity contribution >= 4 is 22.9 Å². The summed E-state index contributed by atoms with van der Waals surface area (Å²) in [5.74, 6) is 1.10. The highest BCUT2D eigenvalue weighted by molar-refractivity contribution is 5.75. The normalized spacial score (nSPS) is 11.1. The molecule has 0 saturated carbocycles. The molecule has 3 N–H and O–H groups in total. The average molecular weight is 506 g/mol. The zero-order chi connectivity index (χ0) is 26.4. The molecule has 0 radical (unpaired) electrons. The van der Waals surface area contributed by atoms with Crippen LogP contribution in [0.4, 0.5) is 5.82 Å². The third-order valence-corrected chi connectivity index (χ3v) is 5.90. The number of hydrogen-bond donors (Lipinski definition) is 3. The summed E-state index contributed by atoms with van der Waals surface area (Å²) in [7, 11) is 1.53. The lowest BCUT2D eigenvalue weighted by molar-refractivity contribution is -0.119. The standard InChI is InChI=1S/C26H31N7O4/c1-4-11-32-24-22(25(35)33(26(32)36)12-13-37-3)30-23(31-24)20-9-10-21(29-16-20)28-15-19-7-5-18(6-8-19)14-27-17(2)34/h5-10,16H,4,11-15H2,1-3H3,(H,27,34)(H,28,29)(H,30,31). The first kappa shape index (κ1) is 25.8. The van der Waals surface area contributed by atoms with Crippen LogP contribution >= 0.6 is 0 Å². The average Bonchev–Trinajstić information content (AvgIpc) is 3.35. The lowest BCUT2D eigenvalue weighted by atomic mass is 10.1. The second kappa shape index (κ2) is 11.7. The third kappa shape index (κ3) is 5.95. The van der Waals surface area contributed by atoms with Crippen molar-refractivity contribution in [3.05, 3.63) is 74.6 Å². The number of amides is 1. The lowest BCUT2D eigenvalue weighted by Crippen LogP contribution is -2.41. The molecular weight excluding hydrogens is 474 g/mol. The van der Waals surface area contributed by atoms with Crippen molar-refractivity contribution in [1.29, 1.82) is 0 Å². The zero-order valence-corrected chi connectivity index (χ0v) is 21.2. The fourth-order valence-electron chi connectivity index (χ4n) is 3.94. The van der Waals surface area contributed by atoms with Gasteiger partial charge in [0.25, 0.3) is 5.56 Å². The van der Waals surface area contributed by atoms with Gasteiger partial charge in [-0.25, -0.2) is 14.8 Å². The molecule has 11 heteroatoms. The maximum Gasteiger partial charge on any atom is 0.332 e. The molecule has 0 aliphatic rings. The minimum atomic E-state index is -0.419. The number of nitrogens with zero attached hydrogens (tertiary/aromatic N) is 4. The Labute approximate surface area is 213 Å². The summed E-state index contributed by atoms with van der Waals surface area (Å²) in [4.78, 5) is 49.1. The van der Waals surface area contributed by atoms with Crippen molar-refractivity contribution in [1.82, 2.24) is 29.4 Å². The number of imidazole rings is 1. The van der Waals surface area contributed by atoms with Crippen LogP contribution < -0.4 is 21.9 Å². The van der Waals surface area contributed by atoms with Crippen molar-refractivity contribution < 1.29 is 9.53 Å². The van der Waals surface area contributed by atoms with E-state index in [0.717, 1.165) is 17.5 Å². The number of H-pyrrole nitrogens is 1. The number of benzene rings is 1. The molecule has 37 heavy (non-hydrogen) atoms. The lowest BCUT2D eigenvalue weighted by Gasteiger charge is -2.09. The van der Waals surface area contributed by atoms with E-state index in [1.807, 2.05) is 43.3 Å². The fraction of sp³-hybridized carbons (Fsp3) is 0.346. The van der Waals surface area contributed by atoms with E-state index in [1.165, 1.54) is 23.2 Å². The van der Waals surface area contributed by atoms with Gasteiger partial charge in [0, 0.05) is 45.4 Å². The van der Waals surface area contributed by atoms with E-state index in [0.29, 0.717) is 42.5 Å². The highest BCUT2D eigenvalue weighted by Gasteiger charge is 2.17. The van der Waals surface area contributed by atoms with Crippen LogP contribution in [0.2, 0.25) is 0 Å². The van der Waals surface area contributed by atoms with Crippen molar-refractivity contribution in [2.24, 2.45) is 0 Å². The van der Waals surface area contributed by atoms with Crippen LogP contribution in [0.25, 0.3) is 22.6 Å². The highest BCUT2D eigenvalue weighted by Crippen LogP contribution is 2.19. The number of rotatable bonds is 11. The molecule has 3 heterocycles. The van der Waals surface area contributed by atoms with Crippen LogP contribution in [0.5, 0.6) is 0 Å². The number of nitrogens with one attached hydrogen (secondary N) is 3. The maximum atomic E-state index is 13.0. The number of anilines is 1. The van der Waals surface area contributed by atoms with Crippen LogP contribution in [0.15, 0.2) is 52.2 Å². The third-order valence-electron chi connectivity index (χ3n) is 5.90. The van der Waals surface area contributed by atoms with Gasteiger partial charge in [-0.05, 0) is 29.7 Å². The van der Waals surface area contributed by atoms with Crippen LogP contribution in [0.3, 0.4) is 0 Å². The first-order chi connectivity index (χ1) is 17.9. The van der Waals surface area contributed by atoms with Crippen LogP contribution in [-0.2, 0) is 35.7 Å². The quantitative estimate of drug-likeness (QED) is 0.284. The summed E-state index contributed by atoms with van der Waals surface area (Å²) in [6, 6.07) is 11.7. The Morgan fingerprint density at radius 2 is 1.76 bits per heavy atom. The molecule has 0 aliphatic heterocycles. The van der Waals surface area contributed by atoms with E-state index in [9.17, 15) is 14.4 Å². The summed E-state index contributed by atoms with van der Waals surface area (Å²) in [6.45, 7) is 5.42. The first-order valence-corrected chi connectivity index (χ1v) is 12.2. The zero-order valence-electron chi connectivity index (χ0n) is 21.2. The molecular formula is C26H31N7O4. The topological polar surface area (TPSA) is 136 Å². The predicted octanol–water partition coefficient (Wildman–Crippen LogP) is 2.25. The van der Waals surface area contributed by atoms with Crippen molar-refractivity contribution in [2.75, 3.05) is 19.0 Å². The summed E-state index contributed by atoms with van der Waals surface area (Å²) >= 11 is 0. The molecule has 4 rings (SSSR count). The minimum Gasteiger partial charge on any atom is -0.383 e. The number of fused-ring (bicyclic) bond motifs is 1. The van der Waals surface area contributed by atoms with E-state index in [2.05, 4.69) is 25.6 Å². The van der Waals surface area contributed by atoms with Crippen LogP contribution in [0.1, 0.15) is 31.4 Å². The Bertz CT molecular complexity index is 1490. The Hall–Kier alpha value is -4.25. The molecule has 0 bridgehead atoms. The number of aryl methyl sites for hydroxylation is 1. The predicted molar refractivity (Wildman–Crippen MR) is 141 cm³/mol. The van der Waals surface area contributed by atoms with Crippen molar-refractivity contribution in [3.63, 3.8) is 0 Å². The molecule has 3 aromatic heterocycles. The number of carbonyl (C=O) groups is 1. The Morgan fingerprint density at radius 3 is 2.38 bits per heavy atom. The Morgan fingerprint density at radius 1 is 1.03 bits per heavy atom. The van der Waals surface area contributed by atoms with E-state index < -0.39 is 11.2 Å². The second-order valence-corrected chi connectivity index (χ2v) is 8.68. The molecule has 0 atom stereocenters. The van der Waals surface area contributed by atoms with E-state index >= 15 is 0 Å². The number of aromatic nitrogens is 5. The van der Waals surface area contributed by atoms with Crippen LogP contribution in [0, 0.1) is 0 Å². The number of aromatic amines is 1. The number of hydrogen-bond acceptors (Lipinski definition) is 7. The molecule has 0 aliphatic carbocycles. The van der Waals surface area contributed by atoms with Gasteiger partial charge in [-0.15, -0.1) is 0 Å². The number of carbonyl (C=O) groups excluding carboxylic acids is 1. The summed E-state index contributed by atoms with van der Waals surface area (Å²) in [6.07, 6.45) is 2.39. The van der Waals surface area contributed by atoms with Gasteiger partial charge in [-0.2, -0.15) is 0 Å². The van der Waals surface area contributed by atoms with Gasteiger partial charge in [0.1, 0.15) is 17.2 Å². The summed E-state index contributed by atoms with van der Waals surface area (Å²) in [5.41, 5.74) is 2.61. The van der Waals surface area contributed by atoms with Gasteiger partial charge >= 0.3 is 5.69 Å². The molecule has 11 nitrogen and oxygen atoms in total. The monoisotopic (exact) mass is 505 g/mol. The molecule has 194 valence electrons. The smallest absolute Gasteiger partial charge is 0.332 e. The number of methoxy groups -OCH3 is 1. The van der Waals surface area contributed by atoms with Crippen molar-refractivity contribution in [3.8, 4) is 11.4 Å². The Balaban J connectivity index is 1.51. The van der Waals surface area contributed by atoms with Crippen molar-refractivity contribution in [2.45, 2.75) is 46.4 Å². The maximum absolute atomic E-state index is 13.0. The first-order valence-electron chi connectivity index (χ1n) is 12.2. The molecule has 1 amide bonds.